The first-order chi connectivity index (χ1) is 15.1. The first-order valence-electron chi connectivity index (χ1n) is 8.25. The maximum atomic E-state index is 14.1. The monoisotopic (exact) mass is 590 g/mol. The summed E-state index contributed by atoms with van der Waals surface area (Å²) in [6.07, 6.45) is -7.30. The van der Waals surface area contributed by atoms with E-state index in [1.807, 2.05) is 0 Å². The number of benzene rings is 2. The molecule has 0 spiro atoms. The highest BCUT2D eigenvalue weighted by atomic mass is 79.9. The molecule has 0 aliphatic rings. The van der Waals surface area contributed by atoms with Crippen molar-refractivity contribution in [2.24, 2.45) is 0 Å². The predicted molar refractivity (Wildman–Crippen MR) is 98.8 cm³/mol. The largest absolute Gasteiger partial charge is 0.475 e. The molecule has 0 saturated carbocycles. The molecule has 0 amide bonds. The van der Waals surface area contributed by atoms with Gasteiger partial charge in [0.05, 0.1) is 5.56 Å². The minimum absolute atomic E-state index is 0.144. The van der Waals surface area contributed by atoms with Crippen LogP contribution in [-0.4, -0.2) is 48.6 Å². The zero-order chi connectivity index (χ0) is 26.7. The van der Waals surface area contributed by atoms with Gasteiger partial charge in [-0.2, -0.15) is 47.9 Å². The number of hydrogen-bond acceptors (Lipinski definition) is 5. The van der Waals surface area contributed by atoms with Crippen molar-refractivity contribution >= 4 is 48.6 Å². The molecule has 0 fully saturated rings. The number of halogens is 10. The zero-order valence-corrected chi connectivity index (χ0v) is 18.4. The van der Waals surface area contributed by atoms with E-state index in [1.54, 1.807) is 0 Å². The lowest BCUT2D eigenvalue weighted by molar-refractivity contribution is -0.382. The van der Waals surface area contributed by atoms with Gasteiger partial charge in [-0.05, 0) is 36.1 Å². The molecule has 188 valence electrons. The van der Waals surface area contributed by atoms with E-state index in [0.717, 1.165) is 31.2 Å². The molecule has 0 unspecified atom stereocenters. The number of alkyl halides is 9. The predicted octanol–water partition coefficient (Wildman–Crippen LogP) is 5.31. The molecule has 0 atom stereocenters. The van der Waals surface area contributed by atoms with Gasteiger partial charge in [-0.25, -0.2) is 4.79 Å². The Kier molecular flexibility index (Phi) is 6.74. The summed E-state index contributed by atoms with van der Waals surface area (Å²) in [6.45, 7) is 0.959. The topological polar surface area (TPSA) is 97.7 Å². The van der Waals surface area contributed by atoms with E-state index < -0.39 is 67.4 Å². The molecule has 0 aromatic heterocycles. The van der Waals surface area contributed by atoms with Gasteiger partial charge in [-0.15, -0.1) is 0 Å². The molecule has 0 aliphatic heterocycles. The molecule has 2 aromatic rings. The van der Waals surface area contributed by atoms with E-state index in [2.05, 4.69) is 20.1 Å². The Morgan fingerprint density at radius 2 is 1.47 bits per heavy atom. The number of carbonyl (C=O) groups excluding carboxylic acids is 1. The van der Waals surface area contributed by atoms with E-state index in [0.29, 0.717) is 0 Å². The number of carboxylic acid groups (broad SMARTS) is 1. The Morgan fingerprint density at radius 1 is 0.941 bits per heavy atom. The fraction of sp³-hybridized carbons (Fsp3) is 0.294. The summed E-state index contributed by atoms with van der Waals surface area (Å²) in [6, 6.07) is 4.13. The van der Waals surface area contributed by atoms with Crippen molar-refractivity contribution < 1.29 is 66.8 Å². The summed E-state index contributed by atoms with van der Waals surface area (Å²) >= 11 is 2.98. The number of fused-ring (bicyclic) bond motifs is 1. The quantitative estimate of drug-likeness (QED) is 0.203. The minimum Gasteiger partial charge on any atom is -0.475 e. The number of aliphatic carboxylic acids is 1. The van der Waals surface area contributed by atoms with Gasteiger partial charge in [0.1, 0.15) is 0 Å². The van der Waals surface area contributed by atoms with Crippen LogP contribution in [0.15, 0.2) is 28.7 Å². The second-order valence-electron chi connectivity index (χ2n) is 6.60. The molecule has 0 bridgehead atoms. The smallest absolute Gasteiger partial charge is 0.460 e. The van der Waals surface area contributed by atoms with E-state index in [-0.39, 0.29) is 9.86 Å². The van der Waals surface area contributed by atoms with Gasteiger partial charge in [0.15, 0.2) is 5.75 Å². The third kappa shape index (κ3) is 4.18. The van der Waals surface area contributed by atoms with Crippen LogP contribution in [-0.2, 0) is 14.9 Å². The standard InChI is InChI=1S/C17H8BrF9O6S/c1-6-4-7-5-8(18)2-3-9(7)12(10(6)11(28)13(29)30)33-34(31,32)17(26,27)15(21,22)14(19,20)16(23,24)25/h2-5H,1H3,(H,29,30). The van der Waals surface area contributed by atoms with Crippen LogP contribution in [0.2, 0.25) is 0 Å². The first kappa shape index (κ1) is 27.7. The molecule has 0 saturated heterocycles. The van der Waals surface area contributed by atoms with Crippen LogP contribution in [0.4, 0.5) is 39.5 Å². The van der Waals surface area contributed by atoms with Gasteiger partial charge in [-0.1, -0.05) is 22.0 Å². The fourth-order valence-corrected chi connectivity index (χ4v) is 3.95. The Bertz CT molecular complexity index is 1290. The van der Waals surface area contributed by atoms with E-state index in [4.69, 9.17) is 5.11 Å². The number of Topliss-reactive ketones (excluding diaryl/α,β-unsaturated/α-hetero) is 1. The molecule has 34 heavy (non-hydrogen) atoms. The average molecular weight is 591 g/mol. The van der Waals surface area contributed by atoms with Crippen molar-refractivity contribution in [2.75, 3.05) is 0 Å². The van der Waals surface area contributed by atoms with Gasteiger partial charge in [0.2, 0.25) is 0 Å². The maximum Gasteiger partial charge on any atom is 0.460 e. The molecule has 17 heteroatoms. The Hall–Kier alpha value is -2.56. The number of hydrogen-bond donors (Lipinski definition) is 1. The van der Waals surface area contributed by atoms with E-state index in [9.17, 15) is 57.5 Å². The summed E-state index contributed by atoms with van der Waals surface area (Å²) in [5.41, 5.74) is -1.70. The van der Waals surface area contributed by atoms with Gasteiger partial charge in [-0.3, -0.25) is 4.79 Å². The molecule has 0 aliphatic carbocycles. The molecular weight excluding hydrogens is 583 g/mol. The summed E-state index contributed by atoms with van der Waals surface area (Å²) in [5, 5.41) is 0.922. The minimum atomic E-state index is -7.59. The van der Waals surface area contributed by atoms with Gasteiger partial charge in [0, 0.05) is 9.86 Å². The number of carboxylic acids is 1. The lowest BCUT2D eigenvalue weighted by Crippen LogP contribution is -2.63. The van der Waals surface area contributed by atoms with Crippen LogP contribution in [0.5, 0.6) is 5.75 Å². The molecular formula is C17H8BrF9O6S. The molecule has 6 nitrogen and oxygen atoms in total. The third-order valence-electron chi connectivity index (χ3n) is 4.30. The Labute approximate surface area is 191 Å². The van der Waals surface area contributed by atoms with Crippen molar-refractivity contribution in [3.8, 4) is 5.75 Å². The summed E-state index contributed by atoms with van der Waals surface area (Å²) in [4.78, 5) is 23.1. The normalized spacial score (nSPS) is 13.7. The van der Waals surface area contributed by atoms with Crippen LogP contribution >= 0.6 is 15.9 Å². The molecule has 2 aromatic carbocycles. The average Bonchev–Trinajstić information content (AvgIpc) is 2.65. The van der Waals surface area contributed by atoms with Crippen molar-refractivity contribution in [2.45, 2.75) is 30.2 Å². The zero-order valence-electron chi connectivity index (χ0n) is 16.0. The van der Waals surface area contributed by atoms with Crippen molar-refractivity contribution in [1.82, 2.24) is 0 Å². The van der Waals surface area contributed by atoms with Crippen molar-refractivity contribution in [3.63, 3.8) is 0 Å². The molecule has 0 heterocycles. The van der Waals surface area contributed by atoms with Crippen molar-refractivity contribution in [1.29, 1.82) is 0 Å². The van der Waals surface area contributed by atoms with Crippen LogP contribution in [0.1, 0.15) is 15.9 Å². The number of carbonyl (C=O) groups is 2. The van der Waals surface area contributed by atoms with Gasteiger partial charge < -0.3 is 9.29 Å². The molecule has 0 radical (unpaired) electrons. The fourth-order valence-electron chi connectivity index (χ4n) is 2.63. The van der Waals surface area contributed by atoms with Crippen LogP contribution in [0, 0.1) is 6.92 Å². The second-order valence-corrected chi connectivity index (χ2v) is 9.10. The summed E-state index contributed by atoms with van der Waals surface area (Å²) in [7, 11) is -7.43. The number of aryl methyl sites for hydroxylation is 1. The second kappa shape index (κ2) is 8.28. The van der Waals surface area contributed by atoms with Crippen LogP contribution in [0.3, 0.4) is 0 Å². The maximum absolute atomic E-state index is 14.1. The highest BCUT2D eigenvalue weighted by Gasteiger charge is 2.86. The van der Waals surface area contributed by atoms with Crippen molar-refractivity contribution in [3.05, 3.63) is 39.9 Å². The third-order valence-corrected chi connectivity index (χ3v) is 6.06. The number of ketones is 1. The highest BCUT2D eigenvalue weighted by molar-refractivity contribution is 9.10. The molecule has 1 N–H and O–H groups in total. The van der Waals surface area contributed by atoms with Gasteiger partial charge >= 0.3 is 39.4 Å². The van der Waals surface area contributed by atoms with E-state index in [1.165, 1.54) is 0 Å². The van der Waals surface area contributed by atoms with Gasteiger partial charge in [0.25, 0.3) is 5.78 Å². The lowest BCUT2D eigenvalue weighted by Gasteiger charge is -2.32. The highest BCUT2D eigenvalue weighted by Crippen LogP contribution is 2.55. The Balaban J connectivity index is 2.84. The van der Waals surface area contributed by atoms with E-state index >= 15 is 0 Å². The van der Waals surface area contributed by atoms with Crippen LogP contribution < -0.4 is 4.18 Å². The summed E-state index contributed by atoms with van der Waals surface area (Å²) in [5.74, 6) is -21.0. The van der Waals surface area contributed by atoms with Crippen LogP contribution in [0.25, 0.3) is 10.8 Å². The number of rotatable bonds is 7. The first-order valence-corrected chi connectivity index (χ1v) is 10.4. The SMILES string of the molecule is Cc1cc2cc(Br)ccc2c(OS(=O)(=O)C(F)(F)C(F)(F)C(F)(F)C(F)(F)F)c1C(=O)C(=O)O. The lowest BCUT2D eigenvalue weighted by atomic mass is 9.97. The summed E-state index contributed by atoms with van der Waals surface area (Å²) < 4.78 is 147. The molecule has 2 rings (SSSR count). The Morgan fingerprint density at radius 3 is 1.94 bits per heavy atom.